The highest BCUT2D eigenvalue weighted by molar-refractivity contribution is 5.67. The molecule has 0 saturated heterocycles. The molecule has 0 amide bonds. The minimum absolute atomic E-state index is 1.13. The Kier molecular flexibility index (Phi) is 6.92. The van der Waals surface area contributed by atoms with Crippen LogP contribution >= 0.6 is 0 Å². The molecule has 0 spiro atoms. The Hall–Kier alpha value is -0.590. The second kappa shape index (κ2) is 7.41. The van der Waals surface area contributed by atoms with Gasteiger partial charge in [0.1, 0.15) is 0 Å². The highest BCUT2D eigenvalue weighted by Crippen LogP contribution is 1.98. The van der Waals surface area contributed by atoms with Gasteiger partial charge in [-0.3, -0.25) is 0 Å². The molecule has 1 nitrogen and oxygen atoms in total. The minimum atomic E-state index is 1.13. The molecule has 0 aliphatic heterocycles. The van der Waals surface area contributed by atoms with Crippen molar-refractivity contribution in [3.63, 3.8) is 0 Å². The number of rotatable bonds is 5. The summed E-state index contributed by atoms with van der Waals surface area (Å²) in [5, 5.41) is 6.67. The van der Waals surface area contributed by atoms with E-state index < -0.39 is 0 Å². The van der Waals surface area contributed by atoms with Crippen LogP contribution in [-0.2, 0) is 0 Å². The third-order valence-electron chi connectivity index (χ3n) is 1.21. The summed E-state index contributed by atoms with van der Waals surface area (Å²) in [5.41, 5.74) is 0. The Labute approximate surface area is 57.3 Å². The molecule has 0 aromatic carbocycles. The average Bonchev–Trinajstić information content (AvgIpc) is 1.89. The van der Waals surface area contributed by atoms with Crippen molar-refractivity contribution in [2.75, 3.05) is 0 Å². The van der Waals surface area contributed by atoms with Crippen LogP contribution in [0.15, 0.2) is 12.2 Å². The summed E-state index contributed by atoms with van der Waals surface area (Å²) in [6, 6.07) is 0. The second-order valence-electron chi connectivity index (χ2n) is 2.09. The zero-order valence-corrected chi connectivity index (χ0v) is 6.06. The normalized spacial score (nSPS) is 10.3. The van der Waals surface area contributed by atoms with Gasteiger partial charge in [0.15, 0.2) is 0 Å². The van der Waals surface area contributed by atoms with Crippen LogP contribution in [0.5, 0.6) is 0 Å². The van der Waals surface area contributed by atoms with E-state index in [4.69, 9.17) is 5.41 Å². The standard InChI is InChI=1S/C8H15N/c1-2-3-4-5-6-7-8-9/h6-9H,2-5H2,1H3. The Morgan fingerprint density at radius 1 is 1.33 bits per heavy atom. The highest BCUT2D eigenvalue weighted by atomic mass is 14.3. The Morgan fingerprint density at radius 2 is 2.11 bits per heavy atom. The van der Waals surface area contributed by atoms with Crippen molar-refractivity contribution in [3.8, 4) is 0 Å². The predicted octanol–water partition coefficient (Wildman–Crippen LogP) is 2.77. The van der Waals surface area contributed by atoms with Crippen LogP contribution in [-0.4, -0.2) is 6.21 Å². The molecule has 0 aromatic rings. The van der Waals surface area contributed by atoms with E-state index in [0.717, 1.165) is 6.42 Å². The summed E-state index contributed by atoms with van der Waals surface area (Å²) in [6.45, 7) is 2.19. The number of allylic oxidation sites excluding steroid dienone is 2. The molecule has 0 saturated carbocycles. The SMILES string of the molecule is CCCCCC=CC=N. The molecule has 0 rings (SSSR count). The van der Waals surface area contributed by atoms with Crippen molar-refractivity contribution in [1.82, 2.24) is 0 Å². The molecule has 1 N–H and O–H groups in total. The van der Waals surface area contributed by atoms with Gasteiger partial charge in [-0.25, -0.2) is 0 Å². The van der Waals surface area contributed by atoms with Crippen LogP contribution in [0.2, 0.25) is 0 Å². The summed E-state index contributed by atoms with van der Waals surface area (Å²) in [4.78, 5) is 0. The van der Waals surface area contributed by atoms with Crippen LogP contribution in [0.1, 0.15) is 32.6 Å². The molecule has 9 heavy (non-hydrogen) atoms. The molecule has 0 atom stereocenters. The molecule has 0 aromatic heterocycles. The lowest BCUT2D eigenvalue weighted by Gasteiger charge is -1.88. The van der Waals surface area contributed by atoms with Crippen molar-refractivity contribution < 1.29 is 0 Å². The number of nitrogens with one attached hydrogen (secondary N) is 1. The molecule has 0 radical (unpaired) electrons. The van der Waals surface area contributed by atoms with Gasteiger partial charge >= 0.3 is 0 Å². The molecular formula is C8H15N. The first kappa shape index (κ1) is 8.41. The van der Waals surface area contributed by atoms with Crippen LogP contribution in [0.25, 0.3) is 0 Å². The predicted molar refractivity (Wildman–Crippen MR) is 42.1 cm³/mol. The van der Waals surface area contributed by atoms with Crippen LogP contribution < -0.4 is 0 Å². The molecule has 0 heterocycles. The van der Waals surface area contributed by atoms with Crippen molar-refractivity contribution in [2.24, 2.45) is 0 Å². The fraction of sp³-hybridized carbons (Fsp3) is 0.625. The van der Waals surface area contributed by atoms with Crippen LogP contribution in [0.4, 0.5) is 0 Å². The van der Waals surface area contributed by atoms with Gasteiger partial charge in [-0.1, -0.05) is 25.8 Å². The zero-order chi connectivity index (χ0) is 6.95. The summed E-state index contributed by atoms with van der Waals surface area (Å²) >= 11 is 0. The largest absolute Gasteiger partial charge is 0.309 e. The van der Waals surface area contributed by atoms with Crippen LogP contribution in [0, 0.1) is 5.41 Å². The Morgan fingerprint density at radius 3 is 2.67 bits per heavy atom. The van der Waals surface area contributed by atoms with E-state index >= 15 is 0 Å². The Bertz CT molecular complexity index is 84.6. The Balaban J connectivity index is 2.90. The second-order valence-corrected chi connectivity index (χ2v) is 2.09. The lowest BCUT2D eigenvalue weighted by atomic mass is 10.2. The zero-order valence-electron chi connectivity index (χ0n) is 6.06. The smallest absolute Gasteiger partial charge is 0.0174 e. The fourth-order valence-corrected chi connectivity index (χ4v) is 0.676. The summed E-state index contributed by atoms with van der Waals surface area (Å²) < 4.78 is 0. The molecule has 0 fully saturated rings. The minimum Gasteiger partial charge on any atom is -0.309 e. The van der Waals surface area contributed by atoms with Crippen molar-refractivity contribution in [1.29, 1.82) is 5.41 Å². The van der Waals surface area contributed by atoms with E-state index in [-0.39, 0.29) is 0 Å². The lowest BCUT2D eigenvalue weighted by molar-refractivity contribution is 0.729. The molecule has 1 heteroatoms. The third kappa shape index (κ3) is 7.41. The van der Waals surface area contributed by atoms with Crippen molar-refractivity contribution >= 4 is 6.21 Å². The van der Waals surface area contributed by atoms with E-state index in [1.54, 1.807) is 6.08 Å². The van der Waals surface area contributed by atoms with E-state index in [0.29, 0.717) is 0 Å². The quantitative estimate of drug-likeness (QED) is 0.431. The van der Waals surface area contributed by atoms with Gasteiger partial charge in [0.2, 0.25) is 0 Å². The van der Waals surface area contributed by atoms with E-state index in [2.05, 4.69) is 6.92 Å². The number of hydrogen-bond donors (Lipinski definition) is 1. The van der Waals surface area contributed by atoms with Crippen molar-refractivity contribution in [2.45, 2.75) is 32.6 Å². The summed E-state index contributed by atoms with van der Waals surface area (Å²) in [6.07, 6.45) is 10.1. The van der Waals surface area contributed by atoms with E-state index in [1.807, 2.05) is 6.08 Å². The molecular weight excluding hydrogens is 110 g/mol. The van der Waals surface area contributed by atoms with Crippen LogP contribution in [0.3, 0.4) is 0 Å². The van der Waals surface area contributed by atoms with E-state index in [9.17, 15) is 0 Å². The number of hydrogen-bond acceptors (Lipinski definition) is 1. The molecule has 0 aliphatic carbocycles. The van der Waals surface area contributed by atoms with Gasteiger partial charge in [-0.05, 0) is 18.9 Å². The maximum absolute atomic E-state index is 6.67. The van der Waals surface area contributed by atoms with Gasteiger partial charge in [0.25, 0.3) is 0 Å². The summed E-state index contributed by atoms with van der Waals surface area (Å²) in [7, 11) is 0. The third-order valence-corrected chi connectivity index (χ3v) is 1.21. The van der Waals surface area contributed by atoms with Gasteiger partial charge in [-0.15, -0.1) is 0 Å². The molecule has 0 unspecified atom stereocenters. The number of unbranched alkanes of at least 4 members (excludes halogenated alkanes) is 3. The van der Waals surface area contributed by atoms with Gasteiger partial charge in [-0.2, -0.15) is 0 Å². The first-order valence-corrected chi connectivity index (χ1v) is 3.57. The summed E-state index contributed by atoms with van der Waals surface area (Å²) in [5.74, 6) is 0. The first-order valence-electron chi connectivity index (χ1n) is 3.57. The maximum atomic E-state index is 6.67. The van der Waals surface area contributed by atoms with Gasteiger partial charge < -0.3 is 5.41 Å². The van der Waals surface area contributed by atoms with Gasteiger partial charge in [0, 0.05) is 6.21 Å². The molecule has 52 valence electrons. The highest BCUT2D eigenvalue weighted by Gasteiger charge is 1.79. The van der Waals surface area contributed by atoms with E-state index in [1.165, 1.54) is 25.5 Å². The maximum Gasteiger partial charge on any atom is 0.0174 e. The topological polar surface area (TPSA) is 23.9 Å². The lowest BCUT2D eigenvalue weighted by Crippen LogP contribution is -1.70. The monoisotopic (exact) mass is 125 g/mol. The fourth-order valence-electron chi connectivity index (χ4n) is 0.676. The molecule has 0 aliphatic rings. The first-order chi connectivity index (χ1) is 4.41. The van der Waals surface area contributed by atoms with Crippen molar-refractivity contribution in [3.05, 3.63) is 12.2 Å². The molecule has 0 bridgehead atoms. The average molecular weight is 125 g/mol. The van der Waals surface area contributed by atoms with Gasteiger partial charge in [0.05, 0.1) is 0 Å².